The maximum Gasteiger partial charge on any atom is 0.305 e. The summed E-state index contributed by atoms with van der Waals surface area (Å²) in [5.41, 5.74) is 0. The highest BCUT2D eigenvalue weighted by molar-refractivity contribution is 7.86. The van der Waals surface area contributed by atoms with Crippen molar-refractivity contribution in [3.63, 3.8) is 0 Å². The summed E-state index contributed by atoms with van der Waals surface area (Å²) in [4.78, 5) is 11.0. The van der Waals surface area contributed by atoms with Crippen LogP contribution in [0.4, 0.5) is 0 Å². The molecular weight excluding hydrogens is 312 g/mol. The number of rotatable bonds is 10. The first-order valence-corrected chi connectivity index (χ1v) is 8.65. The molecule has 126 valence electrons. The van der Waals surface area contributed by atoms with Gasteiger partial charge in [0.2, 0.25) is 0 Å². The fourth-order valence-electron chi connectivity index (χ4n) is 1.92. The lowest BCUT2D eigenvalue weighted by molar-refractivity contribution is -0.140. The first-order valence-electron chi connectivity index (χ1n) is 6.84. The molecule has 7 nitrogen and oxygen atoms in total. The Morgan fingerprint density at radius 2 is 2.05 bits per heavy atom. The van der Waals surface area contributed by atoms with Crippen molar-refractivity contribution in [2.24, 2.45) is 0 Å². The van der Waals surface area contributed by atoms with Gasteiger partial charge in [-0.1, -0.05) is 12.2 Å². The Hall–Kier alpha value is -1.38. The molecule has 0 aromatic heterocycles. The zero-order valence-electron chi connectivity index (χ0n) is 12.9. The molecule has 0 spiro atoms. The molecule has 0 aliphatic carbocycles. The van der Waals surface area contributed by atoms with Crippen molar-refractivity contribution < 1.29 is 31.6 Å². The maximum atomic E-state index is 11.3. The third-order valence-electron chi connectivity index (χ3n) is 2.96. The predicted octanol–water partition coefficient (Wildman–Crippen LogP) is 1.16. The number of carbonyl (C=O) groups excluding carboxylic acids is 1. The van der Waals surface area contributed by atoms with E-state index in [0.29, 0.717) is 19.3 Å². The van der Waals surface area contributed by atoms with Gasteiger partial charge in [0.25, 0.3) is 10.1 Å². The molecule has 1 heterocycles. The quantitative estimate of drug-likeness (QED) is 0.195. The highest BCUT2D eigenvalue weighted by Crippen LogP contribution is 2.32. The van der Waals surface area contributed by atoms with Crippen molar-refractivity contribution in [2.75, 3.05) is 20.5 Å². The lowest BCUT2D eigenvalue weighted by Gasteiger charge is -2.09. The number of esters is 1. The van der Waals surface area contributed by atoms with Crippen LogP contribution in [0.15, 0.2) is 24.5 Å². The minimum atomic E-state index is -3.59. The molecule has 1 aliphatic rings. The summed E-state index contributed by atoms with van der Waals surface area (Å²) >= 11 is 0. The van der Waals surface area contributed by atoms with Gasteiger partial charge in [-0.3, -0.25) is 8.98 Å². The zero-order chi connectivity index (χ0) is 16.6. The number of epoxide rings is 1. The number of ether oxygens (including phenoxy) is 3. The first-order chi connectivity index (χ1) is 10.4. The van der Waals surface area contributed by atoms with Gasteiger partial charge >= 0.3 is 5.97 Å². The van der Waals surface area contributed by atoms with E-state index in [-0.39, 0.29) is 18.2 Å². The van der Waals surface area contributed by atoms with Gasteiger partial charge in [0.05, 0.1) is 32.8 Å². The summed E-state index contributed by atoms with van der Waals surface area (Å²) in [6.45, 7) is 0. The van der Waals surface area contributed by atoms with Crippen LogP contribution in [0.5, 0.6) is 0 Å². The van der Waals surface area contributed by atoms with Gasteiger partial charge in [-0.2, -0.15) is 8.42 Å². The Morgan fingerprint density at radius 3 is 2.64 bits per heavy atom. The minimum Gasteiger partial charge on any atom is -0.504 e. The van der Waals surface area contributed by atoms with Gasteiger partial charge in [0.15, 0.2) is 0 Å². The van der Waals surface area contributed by atoms with Crippen LogP contribution < -0.4 is 0 Å². The number of carbonyl (C=O) groups is 1. The van der Waals surface area contributed by atoms with Crippen molar-refractivity contribution in [2.45, 2.75) is 37.6 Å². The average molecular weight is 334 g/mol. The van der Waals surface area contributed by atoms with E-state index in [9.17, 15) is 13.2 Å². The number of methoxy groups -OCH3 is 2. The van der Waals surface area contributed by atoms with Crippen LogP contribution in [0, 0.1) is 0 Å². The van der Waals surface area contributed by atoms with Gasteiger partial charge < -0.3 is 14.2 Å². The predicted molar refractivity (Wildman–Crippen MR) is 79.5 cm³/mol. The largest absolute Gasteiger partial charge is 0.504 e. The summed E-state index contributed by atoms with van der Waals surface area (Å²) in [6, 6.07) is 0. The third kappa shape index (κ3) is 7.58. The molecule has 1 aliphatic heterocycles. The fraction of sp³-hybridized carbons (Fsp3) is 0.643. The van der Waals surface area contributed by atoms with Crippen molar-refractivity contribution in [3.8, 4) is 0 Å². The first kappa shape index (κ1) is 18.7. The molecule has 8 heteroatoms. The second-order valence-electron chi connectivity index (χ2n) is 4.82. The molecule has 1 unspecified atom stereocenters. The van der Waals surface area contributed by atoms with E-state index < -0.39 is 16.2 Å². The number of allylic oxidation sites excluding steroid dienone is 2. The highest BCUT2D eigenvalue weighted by Gasteiger charge is 2.45. The maximum absolute atomic E-state index is 11.3. The van der Waals surface area contributed by atoms with Gasteiger partial charge in [0, 0.05) is 6.42 Å². The van der Waals surface area contributed by atoms with Crippen LogP contribution in [0.1, 0.15) is 19.3 Å². The molecule has 1 fully saturated rings. The van der Waals surface area contributed by atoms with E-state index in [1.165, 1.54) is 20.5 Å². The van der Waals surface area contributed by atoms with Crippen LogP contribution in [-0.4, -0.2) is 53.2 Å². The molecule has 0 bridgehead atoms. The van der Waals surface area contributed by atoms with Crippen LogP contribution >= 0.6 is 0 Å². The highest BCUT2D eigenvalue weighted by atomic mass is 32.2. The zero-order valence-corrected chi connectivity index (χ0v) is 13.7. The molecule has 1 saturated heterocycles. The normalized spacial score (nSPS) is 22.9. The molecule has 1 rings (SSSR count). The molecule has 0 N–H and O–H groups in total. The smallest absolute Gasteiger partial charge is 0.305 e. The Kier molecular flexibility index (Phi) is 7.57. The van der Waals surface area contributed by atoms with Gasteiger partial charge in [0.1, 0.15) is 12.2 Å². The van der Waals surface area contributed by atoms with E-state index in [1.54, 1.807) is 18.2 Å². The molecule has 3 atom stereocenters. The fourth-order valence-corrected chi connectivity index (χ4v) is 2.50. The lowest BCUT2D eigenvalue weighted by Crippen LogP contribution is -2.22. The van der Waals surface area contributed by atoms with Gasteiger partial charge in [-0.15, -0.1) is 0 Å². The van der Waals surface area contributed by atoms with Crippen molar-refractivity contribution in [1.82, 2.24) is 0 Å². The van der Waals surface area contributed by atoms with Crippen LogP contribution in [0.25, 0.3) is 0 Å². The number of hydrogen-bond acceptors (Lipinski definition) is 7. The van der Waals surface area contributed by atoms with Crippen LogP contribution in [0.2, 0.25) is 0 Å². The standard InChI is InChI=1S/C14H22O7S/c1-18-10-5-4-7-12(21-22(3,16)17)14-11(20-14)8-6-9-13(15)19-2/h4-5,7,10-12,14H,6,8-9H2,1-3H3/b7-4-,10-5-/t11-,12?,14+/m0/s1. The molecule has 0 aromatic rings. The molecule has 0 saturated carbocycles. The second-order valence-corrected chi connectivity index (χ2v) is 6.42. The summed E-state index contributed by atoms with van der Waals surface area (Å²) in [5.74, 6) is -0.272. The van der Waals surface area contributed by atoms with Crippen LogP contribution in [0.3, 0.4) is 0 Å². The monoisotopic (exact) mass is 334 g/mol. The van der Waals surface area contributed by atoms with Gasteiger partial charge in [-0.25, -0.2) is 0 Å². The summed E-state index contributed by atoms with van der Waals surface area (Å²) in [6.07, 6.45) is 7.72. The van der Waals surface area contributed by atoms with Crippen molar-refractivity contribution in [3.05, 3.63) is 24.5 Å². The summed E-state index contributed by atoms with van der Waals surface area (Å²) in [5, 5.41) is 0. The van der Waals surface area contributed by atoms with E-state index in [0.717, 1.165) is 6.26 Å². The van der Waals surface area contributed by atoms with E-state index >= 15 is 0 Å². The number of hydrogen-bond donors (Lipinski definition) is 0. The van der Waals surface area contributed by atoms with E-state index in [1.807, 2.05) is 0 Å². The average Bonchev–Trinajstić information content (AvgIpc) is 3.20. The SMILES string of the molecule is CO/C=C\C=C/C(OS(C)(=O)=O)[C@@H]1O[C@H]1CCCC(=O)OC. The Balaban J connectivity index is 2.49. The van der Waals surface area contributed by atoms with Crippen LogP contribution in [-0.2, 0) is 33.3 Å². The molecule has 22 heavy (non-hydrogen) atoms. The Morgan fingerprint density at radius 1 is 1.32 bits per heavy atom. The van der Waals surface area contributed by atoms with Gasteiger partial charge in [-0.05, 0) is 18.9 Å². The minimum absolute atomic E-state index is 0.118. The Labute approximate surface area is 131 Å². The summed E-state index contributed by atoms with van der Waals surface area (Å²) < 4.78 is 42.4. The third-order valence-corrected chi connectivity index (χ3v) is 3.53. The topological polar surface area (TPSA) is 91.4 Å². The lowest BCUT2D eigenvalue weighted by atomic mass is 10.1. The molecular formula is C14H22O7S. The van der Waals surface area contributed by atoms with E-state index in [2.05, 4.69) is 4.74 Å². The van der Waals surface area contributed by atoms with Crippen molar-refractivity contribution >= 4 is 16.1 Å². The van der Waals surface area contributed by atoms with E-state index in [4.69, 9.17) is 13.7 Å². The summed E-state index contributed by atoms with van der Waals surface area (Å²) in [7, 11) is -0.743. The second kappa shape index (κ2) is 8.92. The molecule has 0 aromatic carbocycles. The molecule has 0 radical (unpaired) electrons. The van der Waals surface area contributed by atoms with Crippen molar-refractivity contribution in [1.29, 1.82) is 0 Å². The molecule has 0 amide bonds. The Bertz CT molecular complexity index is 509.